The predicted octanol–water partition coefficient (Wildman–Crippen LogP) is 3.52. The van der Waals surface area contributed by atoms with Gasteiger partial charge in [0.1, 0.15) is 5.65 Å². The van der Waals surface area contributed by atoms with Gasteiger partial charge in [0.05, 0.1) is 12.2 Å². The number of aliphatic imine (C=N–C) groups is 1. The number of rotatable bonds is 5. The van der Waals surface area contributed by atoms with Gasteiger partial charge in [-0.25, -0.2) is 4.98 Å². The Morgan fingerprint density at radius 3 is 2.74 bits per heavy atom. The first-order valence-electron chi connectivity index (χ1n) is 7.06. The molecule has 0 amide bonds. The summed E-state index contributed by atoms with van der Waals surface area (Å²) in [7, 11) is 1.78. The second kappa shape index (κ2) is 9.12. The lowest BCUT2D eigenvalue weighted by atomic mass is 10.2. The number of halogens is 2. The molecule has 0 aliphatic heterocycles. The van der Waals surface area contributed by atoms with Crippen LogP contribution in [0.5, 0.6) is 0 Å². The minimum absolute atomic E-state index is 0. The zero-order valence-electron chi connectivity index (χ0n) is 13.8. The number of hydrogen-bond acceptors (Lipinski definition) is 3. The summed E-state index contributed by atoms with van der Waals surface area (Å²) in [5.41, 5.74) is 1.91. The predicted molar refractivity (Wildman–Crippen MR) is 114 cm³/mol. The summed E-state index contributed by atoms with van der Waals surface area (Å²) in [6.45, 7) is 5.90. The van der Waals surface area contributed by atoms with Crippen molar-refractivity contribution in [3.63, 3.8) is 0 Å². The minimum Gasteiger partial charge on any atom is -0.355 e. The number of aromatic nitrogens is 2. The highest BCUT2D eigenvalue weighted by atomic mass is 127. The third-order valence-electron chi connectivity index (χ3n) is 3.36. The molecule has 0 bridgehead atoms. The van der Waals surface area contributed by atoms with Crippen LogP contribution >= 0.6 is 51.7 Å². The van der Waals surface area contributed by atoms with Gasteiger partial charge in [-0.05, 0) is 48.2 Å². The fraction of sp³-hybridized carbons (Fsp3) is 0.467. The van der Waals surface area contributed by atoms with Crippen LogP contribution in [-0.4, -0.2) is 39.9 Å². The van der Waals surface area contributed by atoms with Crippen LogP contribution in [0.4, 0.5) is 0 Å². The summed E-state index contributed by atoms with van der Waals surface area (Å²) >= 11 is 5.30. The van der Waals surface area contributed by atoms with Crippen molar-refractivity contribution in [3.05, 3.63) is 34.7 Å². The molecule has 2 aromatic rings. The number of thioether (sulfide) groups is 1. The number of pyridine rings is 1. The van der Waals surface area contributed by atoms with E-state index in [1.165, 1.54) is 0 Å². The smallest absolute Gasteiger partial charge is 0.191 e. The van der Waals surface area contributed by atoms with Crippen LogP contribution in [0.25, 0.3) is 5.65 Å². The quantitative estimate of drug-likeness (QED) is 0.366. The lowest BCUT2D eigenvalue weighted by molar-refractivity contribution is 0.663. The molecule has 2 heterocycles. The van der Waals surface area contributed by atoms with Crippen LogP contribution < -0.4 is 10.6 Å². The summed E-state index contributed by atoms with van der Waals surface area (Å²) in [6.07, 6.45) is 6.14. The summed E-state index contributed by atoms with van der Waals surface area (Å²) in [4.78, 5) is 8.83. The first-order valence-corrected chi connectivity index (χ1v) is 9.08. The Kier molecular flexibility index (Phi) is 8.15. The number of nitrogens with zero attached hydrogens (tertiary/aromatic N) is 3. The Bertz CT molecular complexity index is 671. The van der Waals surface area contributed by atoms with Crippen molar-refractivity contribution < 1.29 is 0 Å². The molecule has 0 atom stereocenters. The van der Waals surface area contributed by atoms with Crippen molar-refractivity contribution >= 4 is 63.3 Å². The Hall–Kier alpha value is -0.480. The van der Waals surface area contributed by atoms with Gasteiger partial charge in [-0.3, -0.25) is 4.99 Å². The van der Waals surface area contributed by atoms with E-state index in [0.29, 0.717) is 6.54 Å². The van der Waals surface area contributed by atoms with E-state index in [9.17, 15) is 0 Å². The molecule has 0 radical (unpaired) electrons. The van der Waals surface area contributed by atoms with Crippen LogP contribution in [0.2, 0.25) is 0 Å². The number of fused-ring (bicyclic) bond motifs is 1. The van der Waals surface area contributed by atoms with E-state index in [4.69, 9.17) is 0 Å². The Balaban J connectivity index is 0.00000264. The van der Waals surface area contributed by atoms with Crippen LogP contribution in [-0.2, 0) is 6.54 Å². The third-order valence-corrected chi connectivity index (χ3v) is 5.08. The molecule has 8 heteroatoms. The van der Waals surface area contributed by atoms with Crippen LogP contribution in [0.1, 0.15) is 19.5 Å². The van der Waals surface area contributed by atoms with Crippen LogP contribution in [0.15, 0.2) is 34.0 Å². The normalized spacial score (nSPS) is 12.1. The van der Waals surface area contributed by atoms with Gasteiger partial charge >= 0.3 is 0 Å². The van der Waals surface area contributed by atoms with Crippen molar-refractivity contribution in [3.8, 4) is 0 Å². The summed E-state index contributed by atoms with van der Waals surface area (Å²) in [6, 6.07) is 3.98. The second-order valence-corrected chi connectivity index (χ2v) is 8.02. The van der Waals surface area contributed by atoms with Gasteiger partial charge in [-0.2, -0.15) is 11.8 Å². The van der Waals surface area contributed by atoms with Gasteiger partial charge in [-0.15, -0.1) is 24.0 Å². The maximum atomic E-state index is 4.58. The van der Waals surface area contributed by atoms with Gasteiger partial charge in [-0.1, -0.05) is 0 Å². The summed E-state index contributed by atoms with van der Waals surface area (Å²) < 4.78 is 3.22. The standard InChI is InChI=1S/C15H22BrN5S.HI/c1-15(2,22-4)10-19-14(17-3)18-7-12-9-21-8-11(16)5-6-13(21)20-12;/h5-6,8-9H,7,10H2,1-4H3,(H2,17,18,19);1H. The molecule has 5 nitrogen and oxygen atoms in total. The molecule has 0 fully saturated rings. The average molecular weight is 512 g/mol. The first-order chi connectivity index (χ1) is 10.4. The summed E-state index contributed by atoms with van der Waals surface area (Å²) in [5.74, 6) is 0.792. The third kappa shape index (κ3) is 6.15. The number of nitrogens with one attached hydrogen (secondary N) is 2. The molecule has 0 saturated carbocycles. The molecule has 0 aliphatic rings. The molecule has 0 aromatic carbocycles. The fourth-order valence-corrected chi connectivity index (χ4v) is 2.44. The second-order valence-electron chi connectivity index (χ2n) is 5.59. The lowest BCUT2D eigenvalue weighted by Gasteiger charge is -2.23. The van der Waals surface area contributed by atoms with Crippen LogP contribution in [0, 0.1) is 0 Å². The molecule has 0 unspecified atom stereocenters. The van der Waals surface area contributed by atoms with Crippen molar-refractivity contribution in [2.45, 2.75) is 25.1 Å². The van der Waals surface area contributed by atoms with E-state index in [2.05, 4.69) is 56.6 Å². The zero-order valence-corrected chi connectivity index (χ0v) is 18.5. The van der Waals surface area contributed by atoms with E-state index in [1.807, 2.05) is 40.7 Å². The van der Waals surface area contributed by atoms with Crippen molar-refractivity contribution in [1.82, 2.24) is 20.0 Å². The minimum atomic E-state index is 0. The Morgan fingerprint density at radius 1 is 1.35 bits per heavy atom. The van der Waals surface area contributed by atoms with Crippen molar-refractivity contribution in [2.75, 3.05) is 19.8 Å². The number of hydrogen-bond donors (Lipinski definition) is 2. The van der Waals surface area contributed by atoms with Gasteiger partial charge < -0.3 is 15.0 Å². The van der Waals surface area contributed by atoms with Gasteiger partial charge in [0.2, 0.25) is 0 Å². The Labute approximate surface area is 167 Å². The fourth-order valence-electron chi connectivity index (χ4n) is 1.87. The highest BCUT2D eigenvalue weighted by molar-refractivity contribution is 14.0. The maximum absolute atomic E-state index is 4.58. The Morgan fingerprint density at radius 2 is 2.09 bits per heavy atom. The monoisotopic (exact) mass is 511 g/mol. The molecule has 128 valence electrons. The van der Waals surface area contributed by atoms with E-state index >= 15 is 0 Å². The molecule has 0 spiro atoms. The highest BCUT2D eigenvalue weighted by Gasteiger charge is 2.16. The van der Waals surface area contributed by atoms with E-state index in [-0.39, 0.29) is 28.7 Å². The van der Waals surface area contributed by atoms with Gasteiger partial charge in [0, 0.05) is 35.2 Å². The molecule has 2 N–H and O–H groups in total. The molecular weight excluding hydrogens is 489 g/mol. The lowest BCUT2D eigenvalue weighted by Crippen LogP contribution is -2.43. The topological polar surface area (TPSA) is 53.7 Å². The van der Waals surface area contributed by atoms with E-state index in [0.717, 1.165) is 28.3 Å². The molecule has 0 saturated heterocycles. The van der Waals surface area contributed by atoms with Crippen molar-refractivity contribution in [1.29, 1.82) is 0 Å². The molecule has 23 heavy (non-hydrogen) atoms. The number of guanidine groups is 1. The maximum Gasteiger partial charge on any atom is 0.191 e. The molecule has 2 rings (SSSR count). The van der Waals surface area contributed by atoms with Gasteiger partial charge in [0.25, 0.3) is 0 Å². The van der Waals surface area contributed by atoms with Crippen molar-refractivity contribution in [2.24, 2.45) is 4.99 Å². The highest BCUT2D eigenvalue weighted by Crippen LogP contribution is 2.19. The zero-order chi connectivity index (χ0) is 16.2. The number of imidazole rings is 1. The van der Waals surface area contributed by atoms with Crippen LogP contribution in [0.3, 0.4) is 0 Å². The van der Waals surface area contributed by atoms with E-state index in [1.54, 1.807) is 7.05 Å². The SMILES string of the molecule is CN=C(NCc1cn2cc(Br)ccc2n1)NCC(C)(C)SC.I. The molecule has 2 aromatic heterocycles. The largest absolute Gasteiger partial charge is 0.355 e. The molecular formula is C15H23BrIN5S. The first kappa shape index (κ1) is 20.6. The van der Waals surface area contributed by atoms with E-state index < -0.39 is 0 Å². The molecule has 0 aliphatic carbocycles. The summed E-state index contributed by atoms with van der Waals surface area (Å²) in [5, 5.41) is 6.65. The average Bonchev–Trinajstić information content (AvgIpc) is 2.89. The van der Waals surface area contributed by atoms with Gasteiger partial charge in [0.15, 0.2) is 5.96 Å².